The summed E-state index contributed by atoms with van der Waals surface area (Å²) >= 11 is 0. The van der Waals surface area contributed by atoms with Gasteiger partial charge in [0, 0.05) is 11.8 Å². The number of halogens is 1. The van der Waals surface area contributed by atoms with Gasteiger partial charge in [-0.2, -0.15) is 0 Å². The molecule has 1 aromatic carbocycles. The van der Waals surface area contributed by atoms with Crippen molar-refractivity contribution < 1.29 is 14.3 Å². The van der Waals surface area contributed by atoms with Crippen molar-refractivity contribution >= 4 is 5.97 Å². The van der Waals surface area contributed by atoms with E-state index < -0.39 is 11.8 Å². The van der Waals surface area contributed by atoms with Crippen LogP contribution in [-0.2, 0) is 0 Å². The van der Waals surface area contributed by atoms with Gasteiger partial charge >= 0.3 is 5.97 Å². The maximum Gasteiger partial charge on any atom is 0.335 e. The van der Waals surface area contributed by atoms with Gasteiger partial charge in [-0.1, -0.05) is 12.1 Å². The number of hydrogen-bond acceptors (Lipinski definition) is 2. The molecule has 0 aliphatic carbocycles. The summed E-state index contributed by atoms with van der Waals surface area (Å²) in [5.41, 5.74) is 2.27. The third kappa shape index (κ3) is 2.30. The first-order chi connectivity index (χ1) is 8.08. The monoisotopic (exact) mass is 231 g/mol. The zero-order chi connectivity index (χ0) is 12.4. The highest BCUT2D eigenvalue weighted by Gasteiger charge is 2.08. The number of hydrogen-bond donors (Lipinski definition) is 1. The molecule has 0 aliphatic rings. The van der Waals surface area contributed by atoms with Crippen molar-refractivity contribution in [1.82, 2.24) is 4.98 Å². The summed E-state index contributed by atoms with van der Waals surface area (Å²) in [4.78, 5) is 14.6. The molecule has 3 nitrogen and oxygen atoms in total. The van der Waals surface area contributed by atoms with Crippen LogP contribution in [0.5, 0.6) is 0 Å². The molecule has 0 unspecified atom stereocenters. The molecule has 0 spiro atoms. The second kappa shape index (κ2) is 4.33. The fourth-order valence-electron chi connectivity index (χ4n) is 1.65. The van der Waals surface area contributed by atoms with Crippen LogP contribution in [0.3, 0.4) is 0 Å². The summed E-state index contributed by atoms with van der Waals surface area (Å²) in [5, 5.41) is 8.90. The molecule has 17 heavy (non-hydrogen) atoms. The van der Waals surface area contributed by atoms with Gasteiger partial charge in [0.05, 0.1) is 11.8 Å². The molecule has 0 saturated heterocycles. The molecule has 0 radical (unpaired) electrons. The normalized spacial score (nSPS) is 10.2. The summed E-state index contributed by atoms with van der Waals surface area (Å²) in [6.07, 6.45) is 2.67. The number of carboxylic acid groups (broad SMARTS) is 1. The Balaban J connectivity index is 2.48. The Labute approximate surface area is 97.6 Å². The number of pyridine rings is 1. The van der Waals surface area contributed by atoms with Crippen molar-refractivity contribution in [2.45, 2.75) is 6.92 Å². The molecule has 0 saturated carbocycles. The van der Waals surface area contributed by atoms with E-state index in [1.54, 1.807) is 19.1 Å². The number of rotatable bonds is 2. The predicted molar refractivity (Wildman–Crippen MR) is 61.3 cm³/mol. The van der Waals surface area contributed by atoms with E-state index in [0.29, 0.717) is 11.1 Å². The van der Waals surface area contributed by atoms with Crippen molar-refractivity contribution in [3.05, 3.63) is 53.6 Å². The zero-order valence-corrected chi connectivity index (χ0v) is 9.14. The Bertz CT molecular complexity index is 581. The molecule has 0 amide bonds. The predicted octanol–water partition coefficient (Wildman–Crippen LogP) is 2.89. The number of benzene rings is 1. The summed E-state index contributed by atoms with van der Waals surface area (Å²) in [6.45, 7) is 1.71. The fourth-order valence-corrected chi connectivity index (χ4v) is 1.65. The minimum absolute atomic E-state index is 0.248. The Kier molecular flexibility index (Phi) is 2.87. The molecule has 0 bridgehead atoms. The van der Waals surface area contributed by atoms with Crippen LogP contribution in [0.15, 0.2) is 36.7 Å². The van der Waals surface area contributed by atoms with Crippen LogP contribution in [-0.4, -0.2) is 16.1 Å². The third-order valence-electron chi connectivity index (χ3n) is 2.50. The van der Waals surface area contributed by atoms with Crippen LogP contribution >= 0.6 is 0 Å². The van der Waals surface area contributed by atoms with Gasteiger partial charge in [0.2, 0.25) is 0 Å². The van der Waals surface area contributed by atoms with Crippen LogP contribution in [0.1, 0.15) is 15.9 Å². The van der Waals surface area contributed by atoms with Crippen LogP contribution < -0.4 is 0 Å². The van der Waals surface area contributed by atoms with Crippen LogP contribution in [0.4, 0.5) is 4.39 Å². The molecule has 1 N–H and O–H groups in total. The number of aryl methyl sites for hydroxylation is 1. The number of aromatic carboxylic acids is 1. The summed E-state index contributed by atoms with van der Waals surface area (Å²) in [6, 6.07) is 6.23. The van der Waals surface area contributed by atoms with Crippen LogP contribution in [0.2, 0.25) is 0 Å². The van der Waals surface area contributed by atoms with Crippen molar-refractivity contribution in [3.8, 4) is 11.1 Å². The third-order valence-corrected chi connectivity index (χ3v) is 2.50. The lowest BCUT2D eigenvalue weighted by Crippen LogP contribution is -1.99. The van der Waals surface area contributed by atoms with E-state index in [-0.39, 0.29) is 5.56 Å². The van der Waals surface area contributed by atoms with Crippen LogP contribution in [0, 0.1) is 12.7 Å². The lowest BCUT2D eigenvalue weighted by molar-refractivity contribution is 0.0696. The summed E-state index contributed by atoms with van der Waals surface area (Å²) in [5.74, 6) is -1.38. The maximum atomic E-state index is 13.0. The first-order valence-electron chi connectivity index (χ1n) is 5.03. The quantitative estimate of drug-likeness (QED) is 0.864. The highest BCUT2D eigenvalue weighted by molar-refractivity contribution is 5.90. The number of carbonyl (C=O) groups is 1. The molecule has 0 fully saturated rings. The van der Waals surface area contributed by atoms with E-state index in [1.165, 1.54) is 18.3 Å². The first-order valence-corrected chi connectivity index (χ1v) is 5.03. The molecule has 1 heterocycles. The SMILES string of the molecule is Cc1cc(-c2cncc(F)c2)ccc1C(=O)O. The molecule has 0 aliphatic heterocycles. The average molecular weight is 231 g/mol. The van der Waals surface area contributed by atoms with Crippen molar-refractivity contribution in [2.24, 2.45) is 0 Å². The fraction of sp³-hybridized carbons (Fsp3) is 0.0769. The number of carboxylic acids is 1. The van der Waals surface area contributed by atoms with Gasteiger partial charge < -0.3 is 5.11 Å². The smallest absolute Gasteiger partial charge is 0.335 e. The lowest BCUT2D eigenvalue weighted by atomic mass is 10.0. The minimum Gasteiger partial charge on any atom is -0.478 e. The Morgan fingerprint density at radius 2 is 2.00 bits per heavy atom. The zero-order valence-electron chi connectivity index (χ0n) is 9.14. The Hall–Kier alpha value is -2.23. The molecule has 86 valence electrons. The largest absolute Gasteiger partial charge is 0.478 e. The van der Waals surface area contributed by atoms with Crippen molar-refractivity contribution in [3.63, 3.8) is 0 Å². The van der Waals surface area contributed by atoms with Gasteiger partial charge in [-0.3, -0.25) is 4.98 Å². The van der Waals surface area contributed by atoms with Gasteiger partial charge in [0.1, 0.15) is 5.82 Å². The van der Waals surface area contributed by atoms with Gasteiger partial charge in [0.25, 0.3) is 0 Å². The van der Waals surface area contributed by atoms with E-state index in [1.807, 2.05) is 0 Å². The van der Waals surface area contributed by atoms with Crippen molar-refractivity contribution in [1.29, 1.82) is 0 Å². The van der Waals surface area contributed by atoms with E-state index in [2.05, 4.69) is 4.98 Å². The molecule has 0 atom stereocenters. The minimum atomic E-state index is -0.966. The van der Waals surface area contributed by atoms with Gasteiger partial charge in [-0.05, 0) is 30.2 Å². The van der Waals surface area contributed by atoms with E-state index >= 15 is 0 Å². The highest BCUT2D eigenvalue weighted by atomic mass is 19.1. The Morgan fingerprint density at radius 1 is 1.24 bits per heavy atom. The lowest BCUT2D eigenvalue weighted by Gasteiger charge is -2.05. The van der Waals surface area contributed by atoms with E-state index in [4.69, 9.17) is 5.11 Å². The molecular weight excluding hydrogens is 221 g/mol. The second-order valence-corrected chi connectivity index (χ2v) is 3.73. The molecular formula is C13H10FNO2. The molecule has 2 rings (SSSR count). The molecule has 4 heteroatoms. The standard InChI is InChI=1S/C13H10FNO2/c1-8-4-9(2-3-12(8)13(16)17)10-5-11(14)7-15-6-10/h2-7H,1H3,(H,16,17). The van der Waals surface area contributed by atoms with E-state index in [9.17, 15) is 9.18 Å². The summed E-state index contributed by atoms with van der Waals surface area (Å²) in [7, 11) is 0. The highest BCUT2D eigenvalue weighted by Crippen LogP contribution is 2.22. The van der Waals surface area contributed by atoms with Gasteiger partial charge in [-0.25, -0.2) is 9.18 Å². The Morgan fingerprint density at radius 3 is 2.59 bits per heavy atom. The van der Waals surface area contributed by atoms with Gasteiger partial charge in [-0.15, -0.1) is 0 Å². The van der Waals surface area contributed by atoms with E-state index in [0.717, 1.165) is 11.8 Å². The second-order valence-electron chi connectivity index (χ2n) is 3.73. The number of nitrogens with zero attached hydrogens (tertiary/aromatic N) is 1. The number of aromatic nitrogens is 1. The first kappa shape index (κ1) is 11.3. The summed E-state index contributed by atoms with van der Waals surface area (Å²) < 4.78 is 13.0. The topological polar surface area (TPSA) is 50.2 Å². The van der Waals surface area contributed by atoms with Crippen LogP contribution in [0.25, 0.3) is 11.1 Å². The van der Waals surface area contributed by atoms with Gasteiger partial charge in [0.15, 0.2) is 0 Å². The van der Waals surface area contributed by atoms with Crippen molar-refractivity contribution in [2.75, 3.05) is 0 Å². The maximum absolute atomic E-state index is 13.0. The molecule has 2 aromatic rings. The average Bonchev–Trinajstić information content (AvgIpc) is 2.28. The molecule has 1 aromatic heterocycles.